The first kappa shape index (κ1) is 22.5. The summed E-state index contributed by atoms with van der Waals surface area (Å²) < 4.78 is 5.28. The molecule has 0 spiro atoms. The largest absolute Gasteiger partial charge is 0.497 e. The molecule has 3 atom stereocenters. The zero-order chi connectivity index (χ0) is 18.1. The number of hydrogen-bond acceptors (Lipinski definition) is 3. The Hall–Kier alpha value is -1.55. The molecule has 2 rings (SSSR count). The van der Waals surface area contributed by atoms with Crippen molar-refractivity contribution in [3.05, 3.63) is 65.7 Å². The van der Waals surface area contributed by atoms with Crippen molar-refractivity contribution < 1.29 is 9.84 Å². The molecular formula is C22H32ClNO2. The number of ether oxygens (including phenoxy) is 1. The zero-order valence-electron chi connectivity index (χ0n) is 16.0. The molecule has 26 heavy (non-hydrogen) atoms. The SMILES string of the molecule is CCCC(O)C(CC)NC(Cc1ccccc1)c1ccc(OC)cc1.Cl. The summed E-state index contributed by atoms with van der Waals surface area (Å²) in [5.41, 5.74) is 2.50. The molecule has 0 fully saturated rings. The Bertz CT molecular complexity index is 603. The molecule has 3 unspecified atom stereocenters. The lowest BCUT2D eigenvalue weighted by Gasteiger charge is -2.29. The predicted octanol–water partition coefficient (Wildman–Crippen LogP) is 4.93. The van der Waals surface area contributed by atoms with Gasteiger partial charge in [-0.1, -0.05) is 62.7 Å². The Morgan fingerprint density at radius 3 is 2.19 bits per heavy atom. The number of aliphatic hydroxyl groups is 1. The minimum Gasteiger partial charge on any atom is -0.497 e. The van der Waals surface area contributed by atoms with Crippen LogP contribution in [0.5, 0.6) is 5.75 Å². The van der Waals surface area contributed by atoms with E-state index in [1.807, 2.05) is 18.2 Å². The lowest BCUT2D eigenvalue weighted by molar-refractivity contribution is 0.108. The molecule has 0 saturated heterocycles. The van der Waals surface area contributed by atoms with E-state index in [0.717, 1.165) is 31.4 Å². The van der Waals surface area contributed by atoms with Gasteiger partial charge in [-0.2, -0.15) is 0 Å². The van der Waals surface area contributed by atoms with Crippen molar-refractivity contribution in [2.45, 2.75) is 57.7 Å². The molecular weight excluding hydrogens is 346 g/mol. The molecule has 144 valence electrons. The molecule has 0 heterocycles. The van der Waals surface area contributed by atoms with E-state index in [4.69, 9.17) is 4.74 Å². The predicted molar refractivity (Wildman–Crippen MR) is 111 cm³/mol. The topological polar surface area (TPSA) is 41.5 Å². The van der Waals surface area contributed by atoms with Crippen molar-refractivity contribution in [1.82, 2.24) is 5.32 Å². The van der Waals surface area contributed by atoms with Gasteiger partial charge in [0.2, 0.25) is 0 Å². The Labute approximate surface area is 164 Å². The highest BCUT2D eigenvalue weighted by Gasteiger charge is 2.22. The molecule has 4 heteroatoms. The van der Waals surface area contributed by atoms with Gasteiger partial charge < -0.3 is 15.2 Å². The number of halogens is 1. The number of aliphatic hydroxyl groups excluding tert-OH is 1. The van der Waals surface area contributed by atoms with Crippen LogP contribution in [0.15, 0.2) is 54.6 Å². The van der Waals surface area contributed by atoms with Crippen molar-refractivity contribution in [2.75, 3.05) is 7.11 Å². The number of rotatable bonds is 10. The van der Waals surface area contributed by atoms with E-state index in [-0.39, 0.29) is 30.6 Å². The molecule has 0 aromatic heterocycles. The van der Waals surface area contributed by atoms with Crippen LogP contribution in [0.25, 0.3) is 0 Å². The minimum atomic E-state index is -0.313. The first-order valence-electron chi connectivity index (χ1n) is 9.29. The molecule has 0 bridgehead atoms. The number of nitrogens with one attached hydrogen (secondary N) is 1. The second-order valence-electron chi connectivity index (χ2n) is 6.55. The summed E-state index contributed by atoms with van der Waals surface area (Å²) in [6.45, 7) is 4.24. The molecule has 0 aliphatic heterocycles. The molecule has 0 amide bonds. The second kappa shape index (κ2) is 11.9. The first-order valence-corrected chi connectivity index (χ1v) is 9.29. The van der Waals surface area contributed by atoms with Crippen LogP contribution in [0, 0.1) is 0 Å². The second-order valence-corrected chi connectivity index (χ2v) is 6.55. The van der Waals surface area contributed by atoms with E-state index in [9.17, 15) is 5.11 Å². The molecule has 2 aromatic rings. The van der Waals surface area contributed by atoms with Gasteiger partial charge in [0.1, 0.15) is 5.75 Å². The molecule has 3 nitrogen and oxygen atoms in total. The molecule has 2 aromatic carbocycles. The smallest absolute Gasteiger partial charge is 0.118 e. The maximum absolute atomic E-state index is 10.5. The first-order chi connectivity index (χ1) is 12.2. The lowest BCUT2D eigenvalue weighted by atomic mass is 9.95. The Kier molecular flexibility index (Phi) is 10.3. The summed E-state index contributed by atoms with van der Waals surface area (Å²) in [4.78, 5) is 0. The van der Waals surface area contributed by atoms with Crippen LogP contribution in [-0.4, -0.2) is 24.4 Å². The normalized spacial score (nSPS) is 14.2. The standard InChI is InChI=1S/C22H31NO2.ClH/c1-4-9-22(24)20(5-2)23-21(16-17-10-7-6-8-11-17)18-12-14-19(25-3)15-13-18;/h6-8,10-15,20-24H,4-5,9,16H2,1-3H3;1H. The average molecular weight is 378 g/mol. The van der Waals surface area contributed by atoms with Crippen molar-refractivity contribution >= 4 is 12.4 Å². The van der Waals surface area contributed by atoms with E-state index in [1.165, 1.54) is 11.1 Å². The van der Waals surface area contributed by atoms with Crippen LogP contribution >= 0.6 is 12.4 Å². The van der Waals surface area contributed by atoms with Crippen molar-refractivity contribution in [3.63, 3.8) is 0 Å². The van der Waals surface area contributed by atoms with Gasteiger partial charge in [-0.3, -0.25) is 0 Å². The van der Waals surface area contributed by atoms with E-state index < -0.39 is 0 Å². The van der Waals surface area contributed by atoms with Crippen LogP contribution < -0.4 is 10.1 Å². The maximum atomic E-state index is 10.5. The summed E-state index contributed by atoms with van der Waals surface area (Å²) in [7, 11) is 1.68. The van der Waals surface area contributed by atoms with E-state index in [2.05, 4.69) is 55.6 Å². The zero-order valence-corrected chi connectivity index (χ0v) is 16.8. The molecule has 0 saturated carbocycles. The number of hydrogen-bond donors (Lipinski definition) is 2. The molecule has 0 aliphatic rings. The number of methoxy groups -OCH3 is 1. The van der Waals surface area contributed by atoms with Crippen molar-refractivity contribution in [1.29, 1.82) is 0 Å². The Balaban J connectivity index is 0.00000338. The van der Waals surface area contributed by atoms with Gasteiger partial charge in [0.25, 0.3) is 0 Å². The van der Waals surface area contributed by atoms with E-state index in [0.29, 0.717) is 0 Å². The quantitative estimate of drug-likeness (QED) is 0.616. The fraction of sp³-hybridized carbons (Fsp3) is 0.455. The third-order valence-electron chi connectivity index (χ3n) is 4.70. The van der Waals surface area contributed by atoms with Gasteiger partial charge in [0.05, 0.1) is 13.2 Å². The highest BCUT2D eigenvalue weighted by Crippen LogP contribution is 2.23. The van der Waals surface area contributed by atoms with Gasteiger partial charge in [0.15, 0.2) is 0 Å². The third kappa shape index (κ3) is 6.64. The summed E-state index contributed by atoms with van der Waals surface area (Å²) >= 11 is 0. The van der Waals surface area contributed by atoms with Crippen molar-refractivity contribution in [2.24, 2.45) is 0 Å². The van der Waals surface area contributed by atoms with Crippen LogP contribution in [0.1, 0.15) is 50.3 Å². The Morgan fingerprint density at radius 1 is 1.00 bits per heavy atom. The van der Waals surface area contributed by atoms with Crippen LogP contribution in [0.4, 0.5) is 0 Å². The summed E-state index contributed by atoms with van der Waals surface area (Å²) in [6.07, 6.45) is 3.30. The van der Waals surface area contributed by atoms with Crippen molar-refractivity contribution in [3.8, 4) is 5.75 Å². The van der Waals surface area contributed by atoms with Gasteiger partial charge in [-0.25, -0.2) is 0 Å². The van der Waals surface area contributed by atoms with Gasteiger partial charge in [-0.05, 0) is 42.5 Å². The van der Waals surface area contributed by atoms with Crippen LogP contribution in [0.2, 0.25) is 0 Å². The summed E-state index contributed by atoms with van der Waals surface area (Å²) in [5.74, 6) is 0.861. The Morgan fingerprint density at radius 2 is 1.65 bits per heavy atom. The van der Waals surface area contributed by atoms with Crippen LogP contribution in [0.3, 0.4) is 0 Å². The summed E-state index contributed by atoms with van der Waals surface area (Å²) in [6, 6.07) is 19.0. The third-order valence-corrected chi connectivity index (χ3v) is 4.70. The lowest BCUT2D eigenvalue weighted by Crippen LogP contribution is -2.42. The van der Waals surface area contributed by atoms with Crippen LogP contribution in [-0.2, 0) is 6.42 Å². The number of benzene rings is 2. The highest BCUT2D eigenvalue weighted by atomic mass is 35.5. The fourth-order valence-electron chi connectivity index (χ4n) is 3.22. The monoisotopic (exact) mass is 377 g/mol. The van der Waals surface area contributed by atoms with Gasteiger partial charge in [0, 0.05) is 12.1 Å². The maximum Gasteiger partial charge on any atom is 0.118 e. The van der Waals surface area contributed by atoms with E-state index >= 15 is 0 Å². The minimum absolute atomic E-state index is 0. The molecule has 0 aliphatic carbocycles. The van der Waals surface area contributed by atoms with E-state index in [1.54, 1.807) is 7.11 Å². The molecule has 0 radical (unpaired) electrons. The summed E-state index contributed by atoms with van der Waals surface area (Å²) in [5, 5.41) is 14.2. The highest BCUT2D eigenvalue weighted by molar-refractivity contribution is 5.85. The fourth-order valence-corrected chi connectivity index (χ4v) is 3.22. The molecule has 2 N–H and O–H groups in total. The van der Waals surface area contributed by atoms with Gasteiger partial charge in [-0.15, -0.1) is 12.4 Å². The van der Waals surface area contributed by atoms with Gasteiger partial charge >= 0.3 is 0 Å². The average Bonchev–Trinajstić information content (AvgIpc) is 2.66.